The predicted molar refractivity (Wildman–Crippen MR) is 112 cm³/mol. The Morgan fingerprint density at radius 2 is 1.93 bits per heavy atom. The normalized spacial score (nSPS) is 16.7. The number of ether oxygens (including phenoxy) is 3. The number of methoxy groups -OCH3 is 1. The zero-order valence-electron chi connectivity index (χ0n) is 16.0. The van der Waals surface area contributed by atoms with Crippen LogP contribution in [0.5, 0.6) is 17.2 Å². The molecule has 1 saturated heterocycles. The third-order valence-electron chi connectivity index (χ3n) is 4.43. The van der Waals surface area contributed by atoms with Crippen LogP contribution in [0.15, 0.2) is 47.4 Å². The molecule has 0 radical (unpaired) electrons. The van der Waals surface area contributed by atoms with E-state index in [1.54, 1.807) is 42.5 Å². The van der Waals surface area contributed by atoms with Gasteiger partial charge in [-0.3, -0.25) is 19.3 Å². The van der Waals surface area contributed by atoms with Gasteiger partial charge in [-0.2, -0.15) is 0 Å². The molecule has 0 spiro atoms. The smallest absolute Gasteiger partial charge is 0.294 e. The minimum atomic E-state index is -0.520. The number of thioether (sulfide) groups is 1. The number of hydrogen-bond acceptors (Lipinski definition) is 7. The minimum Gasteiger partial charge on any atom is -0.496 e. The molecular formula is C21H18N2O6S. The van der Waals surface area contributed by atoms with Crippen LogP contribution in [-0.4, -0.2) is 48.8 Å². The minimum absolute atomic E-state index is 0.233. The van der Waals surface area contributed by atoms with Crippen molar-refractivity contribution < 1.29 is 28.6 Å². The van der Waals surface area contributed by atoms with Crippen LogP contribution in [0, 0.1) is 0 Å². The van der Waals surface area contributed by atoms with Crippen molar-refractivity contribution in [1.29, 1.82) is 0 Å². The summed E-state index contributed by atoms with van der Waals surface area (Å²) in [6.07, 6.45) is 1.59. The van der Waals surface area contributed by atoms with E-state index in [-0.39, 0.29) is 11.4 Å². The predicted octanol–water partition coefficient (Wildman–Crippen LogP) is 3.14. The summed E-state index contributed by atoms with van der Waals surface area (Å²) in [5.41, 5.74) is 1.16. The maximum Gasteiger partial charge on any atom is 0.294 e. The van der Waals surface area contributed by atoms with E-state index in [0.717, 1.165) is 16.7 Å². The molecule has 4 rings (SSSR count). The van der Waals surface area contributed by atoms with Crippen molar-refractivity contribution >= 4 is 40.6 Å². The third-order valence-corrected chi connectivity index (χ3v) is 5.33. The van der Waals surface area contributed by atoms with E-state index in [9.17, 15) is 14.4 Å². The molecule has 0 atom stereocenters. The topological polar surface area (TPSA) is 94.2 Å². The molecule has 0 aliphatic carbocycles. The van der Waals surface area contributed by atoms with Crippen molar-refractivity contribution in [1.82, 2.24) is 4.90 Å². The van der Waals surface area contributed by atoms with Crippen LogP contribution < -0.4 is 19.5 Å². The lowest BCUT2D eigenvalue weighted by Crippen LogP contribution is -2.36. The van der Waals surface area contributed by atoms with Crippen molar-refractivity contribution in [2.75, 3.05) is 32.2 Å². The van der Waals surface area contributed by atoms with Gasteiger partial charge in [-0.05, 0) is 36.0 Å². The third kappa shape index (κ3) is 4.11. The number of rotatable bonds is 5. The Bertz CT molecular complexity index is 1050. The average molecular weight is 426 g/mol. The van der Waals surface area contributed by atoms with Gasteiger partial charge in [-0.1, -0.05) is 18.2 Å². The van der Waals surface area contributed by atoms with Crippen LogP contribution in [0.1, 0.15) is 5.56 Å². The lowest BCUT2D eigenvalue weighted by molar-refractivity contribution is -0.127. The van der Waals surface area contributed by atoms with Crippen molar-refractivity contribution in [2.45, 2.75) is 0 Å². The number of imide groups is 1. The lowest BCUT2D eigenvalue weighted by atomic mass is 10.2. The second kappa shape index (κ2) is 8.50. The summed E-state index contributed by atoms with van der Waals surface area (Å²) >= 11 is 0.789. The second-order valence-electron chi connectivity index (χ2n) is 6.42. The quantitative estimate of drug-likeness (QED) is 0.734. The van der Waals surface area contributed by atoms with Crippen LogP contribution in [0.2, 0.25) is 0 Å². The second-order valence-corrected chi connectivity index (χ2v) is 7.41. The largest absolute Gasteiger partial charge is 0.496 e. The number of nitrogens with zero attached hydrogens (tertiary/aromatic N) is 1. The fourth-order valence-electron chi connectivity index (χ4n) is 3.03. The first kappa shape index (κ1) is 19.8. The summed E-state index contributed by atoms with van der Waals surface area (Å²) in [4.78, 5) is 38.5. The summed E-state index contributed by atoms with van der Waals surface area (Å²) in [7, 11) is 1.53. The van der Waals surface area contributed by atoms with Crippen LogP contribution in [0.3, 0.4) is 0 Å². The van der Waals surface area contributed by atoms with Gasteiger partial charge >= 0.3 is 0 Å². The van der Waals surface area contributed by atoms with Crippen LogP contribution in [0.4, 0.5) is 10.5 Å². The van der Waals surface area contributed by atoms with E-state index in [1.165, 1.54) is 7.11 Å². The summed E-state index contributed by atoms with van der Waals surface area (Å²) in [5, 5.41) is 2.17. The molecular weight excluding hydrogens is 408 g/mol. The number of para-hydroxylation sites is 1. The summed E-state index contributed by atoms with van der Waals surface area (Å²) in [6.45, 7) is 0.516. The van der Waals surface area contributed by atoms with Gasteiger partial charge in [0.2, 0.25) is 5.91 Å². The zero-order valence-corrected chi connectivity index (χ0v) is 16.9. The molecule has 2 heterocycles. The standard InChI is InChI=1S/C21H18N2O6S/c1-27-15-5-3-2-4-13(15)10-18-20(25)23(21(26)30-18)12-19(24)22-14-6-7-16-17(11-14)29-9-8-28-16/h2-7,10-11H,8-9,12H2,1H3,(H,22,24)/b18-10-. The SMILES string of the molecule is COc1ccccc1/C=C1\SC(=O)N(CC(=O)Nc2ccc3c(c2)OCCO3)C1=O. The molecule has 0 aromatic heterocycles. The number of carbonyl (C=O) groups excluding carboxylic acids is 3. The van der Waals surface area contributed by atoms with Crippen molar-refractivity contribution in [3.63, 3.8) is 0 Å². The van der Waals surface area contributed by atoms with Gasteiger partial charge in [0.1, 0.15) is 25.5 Å². The van der Waals surface area contributed by atoms with Crippen LogP contribution >= 0.6 is 11.8 Å². The Kier molecular flexibility index (Phi) is 5.62. The molecule has 0 unspecified atom stereocenters. The van der Waals surface area contributed by atoms with Crippen LogP contribution in [0.25, 0.3) is 6.08 Å². The molecule has 1 fully saturated rings. The molecule has 8 nitrogen and oxygen atoms in total. The van der Waals surface area contributed by atoms with Gasteiger partial charge in [0, 0.05) is 17.3 Å². The summed E-state index contributed by atoms with van der Waals surface area (Å²) < 4.78 is 16.2. The van der Waals surface area contributed by atoms with E-state index in [4.69, 9.17) is 14.2 Å². The Morgan fingerprint density at radius 1 is 1.17 bits per heavy atom. The molecule has 30 heavy (non-hydrogen) atoms. The number of hydrogen-bond donors (Lipinski definition) is 1. The Labute approximate surface area is 176 Å². The molecule has 2 aliphatic rings. The Balaban J connectivity index is 1.44. The first-order valence-electron chi connectivity index (χ1n) is 9.13. The maximum absolute atomic E-state index is 12.7. The van der Waals surface area contributed by atoms with Gasteiger partial charge in [0.25, 0.3) is 11.1 Å². The fourth-order valence-corrected chi connectivity index (χ4v) is 3.86. The van der Waals surface area contributed by atoms with E-state index < -0.39 is 17.1 Å². The van der Waals surface area contributed by atoms with E-state index in [1.807, 2.05) is 6.07 Å². The fraction of sp³-hybridized carbons (Fsp3) is 0.190. The number of nitrogens with one attached hydrogen (secondary N) is 1. The lowest BCUT2D eigenvalue weighted by Gasteiger charge is -2.19. The Hall–Kier alpha value is -3.46. The van der Waals surface area contributed by atoms with Crippen molar-refractivity contribution in [2.24, 2.45) is 0 Å². The monoisotopic (exact) mass is 426 g/mol. The Morgan fingerprint density at radius 3 is 2.73 bits per heavy atom. The maximum atomic E-state index is 12.7. The number of benzene rings is 2. The number of amides is 3. The molecule has 0 saturated carbocycles. The zero-order chi connectivity index (χ0) is 21.1. The molecule has 154 valence electrons. The van der Waals surface area contributed by atoms with Crippen LogP contribution in [-0.2, 0) is 9.59 Å². The number of anilines is 1. The summed E-state index contributed by atoms with van der Waals surface area (Å²) in [6, 6.07) is 12.2. The molecule has 2 aliphatic heterocycles. The van der Waals surface area contributed by atoms with Gasteiger partial charge in [-0.25, -0.2) is 0 Å². The number of carbonyl (C=O) groups is 3. The average Bonchev–Trinajstić information content (AvgIpc) is 3.01. The van der Waals surface area contributed by atoms with Gasteiger partial charge in [-0.15, -0.1) is 0 Å². The highest BCUT2D eigenvalue weighted by Crippen LogP contribution is 2.34. The molecule has 2 aromatic carbocycles. The highest BCUT2D eigenvalue weighted by Gasteiger charge is 2.36. The summed E-state index contributed by atoms with van der Waals surface area (Å²) in [5.74, 6) is 0.707. The van der Waals surface area contributed by atoms with Gasteiger partial charge < -0.3 is 19.5 Å². The van der Waals surface area contributed by atoms with Gasteiger partial charge in [0.15, 0.2) is 11.5 Å². The highest BCUT2D eigenvalue weighted by atomic mass is 32.2. The van der Waals surface area contributed by atoms with E-state index in [0.29, 0.717) is 41.7 Å². The van der Waals surface area contributed by atoms with Crippen molar-refractivity contribution in [3.05, 3.63) is 52.9 Å². The molecule has 2 aromatic rings. The molecule has 3 amide bonds. The van der Waals surface area contributed by atoms with Crippen molar-refractivity contribution in [3.8, 4) is 17.2 Å². The van der Waals surface area contributed by atoms with E-state index in [2.05, 4.69) is 5.32 Å². The highest BCUT2D eigenvalue weighted by molar-refractivity contribution is 8.18. The number of fused-ring (bicyclic) bond motifs is 1. The molecule has 1 N–H and O–H groups in total. The first-order chi connectivity index (χ1) is 14.5. The molecule has 0 bridgehead atoms. The molecule has 9 heteroatoms. The van der Waals surface area contributed by atoms with Gasteiger partial charge in [0.05, 0.1) is 12.0 Å². The first-order valence-corrected chi connectivity index (χ1v) is 9.94. The van der Waals surface area contributed by atoms with E-state index >= 15 is 0 Å².